The molecule has 9 heteroatoms. The summed E-state index contributed by atoms with van der Waals surface area (Å²) >= 11 is 0. The highest BCUT2D eigenvalue weighted by atomic mass is 31.2. The number of carbonyl (C=O) groups is 1. The van der Waals surface area contributed by atoms with Crippen LogP contribution in [0.4, 0.5) is 8.78 Å². The number of H-pyrrole nitrogens is 1. The molecular weight excluding hydrogens is 283 g/mol. The second-order valence-electron chi connectivity index (χ2n) is 3.81. The number of hydrogen-bond donors (Lipinski definition) is 4. The molecule has 2 aromatic rings. The second-order valence-corrected chi connectivity index (χ2v) is 5.46. The third-order valence-corrected chi connectivity index (χ3v) is 3.54. The highest BCUT2D eigenvalue weighted by Gasteiger charge is 2.54. The first-order valence-corrected chi connectivity index (χ1v) is 6.55. The molecule has 102 valence electrons. The van der Waals surface area contributed by atoms with Crippen LogP contribution in [0.15, 0.2) is 24.3 Å². The molecule has 0 spiro atoms. The Morgan fingerprint density at radius 3 is 2.37 bits per heavy atom. The normalized spacial score (nSPS) is 12.8. The molecule has 1 heterocycles. The van der Waals surface area contributed by atoms with Crippen molar-refractivity contribution in [3.63, 3.8) is 0 Å². The van der Waals surface area contributed by atoms with E-state index in [0.717, 1.165) is 6.07 Å². The van der Waals surface area contributed by atoms with E-state index in [1.165, 1.54) is 18.2 Å². The molecule has 0 fully saturated rings. The SMILES string of the molecule is O=C(O)c1[nH]c2ccccc2c1C(F)(F)P(=O)(O)O. The van der Waals surface area contributed by atoms with Crippen LogP contribution < -0.4 is 0 Å². The van der Waals surface area contributed by atoms with Gasteiger partial charge in [0.25, 0.3) is 0 Å². The highest BCUT2D eigenvalue weighted by molar-refractivity contribution is 7.52. The lowest BCUT2D eigenvalue weighted by atomic mass is 10.1. The van der Waals surface area contributed by atoms with Gasteiger partial charge >= 0.3 is 19.2 Å². The van der Waals surface area contributed by atoms with Gasteiger partial charge in [-0.2, -0.15) is 8.78 Å². The van der Waals surface area contributed by atoms with Gasteiger partial charge in [-0.3, -0.25) is 4.57 Å². The summed E-state index contributed by atoms with van der Waals surface area (Å²) in [6.07, 6.45) is 0. The minimum absolute atomic E-state index is 0.0584. The van der Waals surface area contributed by atoms with Crippen molar-refractivity contribution in [2.24, 2.45) is 0 Å². The Morgan fingerprint density at radius 1 is 1.26 bits per heavy atom. The lowest BCUT2D eigenvalue weighted by Gasteiger charge is -2.17. The van der Waals surface area contributed by atoms with Crippen molar-refractivity contribution in [2.45, 2.75) is 5.66 Å². The Hall–Kier alpha value is -1.76. The van der Waals surface area contributed by atoms with Crippen molar-refractivity contribution in [1.82, 2.24) is 4.98 Å². The molecule has 19 heavy (non-hydrogen) atoms. The molecule has 0 amide bonds. The van der Waals surface area contributed by atoms with Gasteiger partial charge in [-0.15, -0.1) is 0 Å². The van der Waals surface area contributed by atoms with Crippen LogP contribution in [0.5, 0.6) is 0 Å². The van der Waals surface area contributed by atoms with Crippen LogP contribution in [0.2, 0.25) is 0 Å². The molecule has 0 unspecified atom stereocenters. The fraction of sp³-hybridized carbons (Fsp3) is 0.100. The van der Waals surface area contributed by atoms with E-state index in [2.05, 4.69) is 4.98 Å². The first-order chi connectivity index (χ1) is 8.66. The van der Waals surface area contributed by atoms with Crippen molar-refractivity contribution < 1.29 is 33.0 Å². The molecular formula is C10H8F2NO5P. The van der Waals surface area contributed by atoms with Crippen LogP contribution >= 0.6 is 7.60 Å². The number of rotatable bonds is 3. The summed E-state index contributed by atoms with van der Waals surface area (Å²) in [4.78, 5) is 30.6. The third kappa shape index (κ3) is 2.03. The van der Waals surface area contributed by atoms with Crippen LogP contribution in [-0.2, 0) is 10.2 Å². The number of carboxylic acids is 1. The number of aromatic nitrogens is 1. The van der Waals surface area contributed by atoms with Gasteiger partial charge in [0.1, 0.15) is 5.69 Å². The number of halogens is 2. The van der Waals surface area contributed by atoms with Gasteiger partial charge in [0.05, 0.1) is 5.56 Å². The van der Waals surface area contributed by atoms with Gasteiger partial charge < -0.3 is 19.9 Å². The number of hydrogen-bond acceptors (Lipinski definition) is 2. The largest absolute Gasteiger partial charge is 0.477 e. The number of para-hydroxylation sites is 1. The van der Waals surface area contributed by atoms with Gasteiger partial charge in [-0.05, 0) is 6.07 Å². The van der Waals surface area contributed by atoms with Crippen LogP contribution in [0.3, 0.4) is 0 Å². The summed E-state index contributed by atoms with van der Waals surface area (Å²) < 4.78 is 38.5. The molecule has 6 nitrogen and oxygen atoms in total. The van der Waals surface area contributed by atoms with Crippen LogP contribution in [0.25, 0.3) is 10.9 Å². The Balaban J connectivity index is 2.88. The Kier molecular flexibility index (Phi) is 2.97. The number of nitrogens with one attached hydrogen (secondary N) is 1. The Morgan fingerprint density at radius 2 is 1.84 bits per heavy atom. The van der Waals surface area contributed by atoms with Gasteiger partial charge in [0, 0.05) is 10.9 Å². The van der Waals surface area contributed by atoms with Crippen LogP contribution in [0, 0.1) is 0 Å². The standard InChI is InChI=1S/C10H8F2NO5P/c11-10(12,19(16,17)18)7-5-3-1-2-4-6(5)13-8(7)9(14)15/h1-4,13H,(H,14,15)(H2,16,17,18). The Bertz CT molecular complexity index is 705. The van der Waals surface area contributed by atoms with E-state index >= 15 is 0 Å². The number of aromatic amines is 1. The minimum atomic E-state index is -5.85. The average molecular weight is 291 g/mol. The molecule has 0 aliphatic rings. The summed E-state index contributed by atoms with van der Waals surface area (Å²) in [5, 5.41) is 8.64. The number of aromatic carboxylic acids is 1. The molecule has 0 aliphatic carbocycles. The number of fused-ring (bicyclic) bond motifs is 1. The number of alkyl halides is 2. The monoisotopic (exact) mass is 291 g/mol. The number of carboxylic acid groups (broad SMARTS) is 1. The first kappa shape index (κ1) is 13.7. The quantitative estimate of drug-likeness (QED) is 0.647. The zero-order valence-electron chi connectivity index (χ0n) is 9.17. The summed E-state index contributed by atoms with van der Waals surface area (Å²) in [5.41, 5.74) is -6.66. The number of benzene rings is 1. The summed E-state index contributed by atoms with van der Waals surface area (Å²) in [6, 6.07) is 5.34. The average Bonchev–Trinajstić information content (AvgIpc) is 2.66. The molecule has 2 rings (SSSR count). The fourth-order valence-corrected chi connectivity index (χ4v) is 2.28. The van der Waals surface area contributed by atoms with Crippen molar-refractivity contribution >= 4 is 24.5 Å². The minimum Gasteiger partial charge on any atom is -0.477 e. The molecule has 0 bridgehead atoms. The van der Waals surface area contributed by atoms with E-state index in [1.54, 1.807) is 0 Å². The van der Waals surface area contributed by atoms with Crippen molar-refractivity contribution in [1.29, 1.82) is 0 Å². The van der Waals surface area contributed by atoms with Crippen molar-refractivity contribution in [3.05, 3.63) is 35.5 Å². The predicted octanol–water partition coefficient (Wildman–Crippen LogP) is 2.09. The zero-order valence-corrected chi connectivity index (χ0v) is 10.1. The fourth-order valence-electron chi connectivity index (χ4n) is 1.76. The Labute approximate surface area is 104 Å². The maximum absolute atomic E-state index is 13.8. The van der Waals surface area contributed by atoms with E-state index < -0.39 is 30.5 Å². The molecule has 0 saturated heterocycles. The third-order valence-electron chi connectivity index (χ3n) is 2.59. The maximum Gasteiger partial charge on any atom is 0.399 e. The van der Waals surface area contributed by atoms with E-state index in [0.29, 0.717) is 0 Å². The second kappa shape index (κ2) is 4.12. The van der Waals surface area contributed by atoms with E-state index in [9.17, 15) is 18.1 Å². The van der Waals surface area contributed by atoms with E-state index in [4.69, 9.17) is 14.9 Å². The molecule has 4 N–H and O–H groups in total. The molecule has 0 aliphatic heterocycles. The van der Waals surface area contributed by atoms with Crippen molar-refractivity contribution in [3.8, 4) is 0 Å². The topological polar surface area (TPSA) is 111 Å². The lowest BCUT2D eigenvalue weighted by molar-refractivity contribution is 0.0525. The smallest absolute Gasteiger partial charge is 0.399 e. The van der Waals surface area contributed by atoms with E-state index in [1.807, 2.05) is 0 Å². The molecule has 0 saturated carbocycles. The molecule has 0 radical (unpaired) electrons. The van der Waals surface area contributed by atoms with Gasteiger partial charge in [0.15, 0.2) is 0 Å². The molecule has 0 atom stereocenters. The van der Waals surface area contributed by atoms with Crippen LogP contribution in [-0.4, -0.2) is 25.8 Å². The van der Waals surface area contributed by atoms with Gasteiger partial charge in [-0.25, -0.2) is 4.79 Å². The van der Waals surface area contributed by atoms with Gasteiger partial charge in [-0.1, -0.05) is 18.2 Å². The summed E-state index contributed by atoms with van der Waals surface area (Å²) in [6.45, 7) is 0. The van der Waals surface area contributed by atoms with Crippen LogP contribution in [0.1, 0.15) is 16.1 Å². The van der Waals surface area contributed by atoms with Gasteiger partial charge in [0.2, 0.25) is 0 Å². The predicted molar refractivity (Wildman–Crippen MR) is 61.2 cm³/mol. The zero-order chi connectivity index (χ0) is 14.4. The molecule has 1 aromatic carbocycles. The van der Waals surface area contributed by atoms with E-state index in [-0.39, 0.29) is 10.9 Å². The van der Waals surface area contributed by atoms with Crippen molar-refractivity contribution in [2.75, 3.05) is 0 Å². The molecule has 1 aromatic heterocycles. The summed E-state index contributed by atoms with van der Waals surface area (Å²) in [5.74, 6) is -1.72. The highest BCUT2D eigenvalue weighted by Crippen LogP contribution is 2.61. The maximum atomic E-state index is 13.8. The first-order valence-electron chi connectivity index (χ1n) is 4.94. The lowest BCUT2D eigenvalue weighted by Crippen LogP contribution is -2.17. The summed E-state index contributed by atoms with van der Waals surface area (Å²) in [7, 11) is -5.85.